The topological polar surface area (TPSA) is 132 Å². The van der Waals surface area contributed by atoms with E-state index in [0.717, 1.165) is 23.3 Å². The molecule has 40 heavy (non-hydrogen) atoms. The number of anilines is 1. The fraction of sp³-hybridized carbons (Fsp3) is 0.280. The number of halogens is 5. The van der Waals surface area contributed by atoms with Gasteiger partial charge in [0, 0.05) is 37.8 Å². The fourth-order valence-corrected chi connectivity index (χ4v) is 3.92. The molecule has 3 aromatic rings. The van der Waals surface area contributed by atoms with Crippen molar-refractivity contribution in [2.75, 3.05) is 18.4 Å². The van der Waals surface area contributed by atoms with Crippen molar-refractivity contribution in [2.24, 2.45) is 12.8 Å². The van der Waals surface area contributed by atoms with Crippen LogP contribution < -0.4 is 21.2 Å². The van der Waals surface area contributed by atoms with Crippen molar-refractivity contribution < 1.29 is 36.7 Å². The van der Waals surface area contributed by atoms with Crippen LogP contribution >= 0.6 is 11.6 Å². The van der Waals surface area contributed by atoms with Crippen molar-refractivity contribution in [3.8, 4) is 17.0 Å². The number of imidazole rings is 1. The molecule has 10 nitrogen and oxygen atoms in total. The van der Waals surface area contributed by atoms with Crippen molar-refractivity contribution in [3.05, 3.63) is 64.6 Å². The summed E-state index contributed by atoms with van der Waals surface area (Å²) in [6.07, 6.45) is 1.69. The minimum atomic E-state index is -3.34. The van der Waals surface area contributed by atoms with Crippen molar-refractivity contribution in [1.82, 2.24) is 20.0 Å². The van der Waals surface area contributed by atoms with Crippen LogP contribution in [0.1, 0.15) is 40.7 Å². The Bertz CT molecular complexity index is 1420. The van der Waals surface area contributed by atoms with E-state index in [-0.39, 0.29) is 52.9 Å². The highest BCUT2D eigenvalue weighted by molar-refractivity contribution is 6.34. The van der Waals surface area contributed by atoms with Gasteiger partial charge in [-0.1, -0.05) is 18.5 Å². The van der Waals surface area contributed by atoms with Crippen LogP contribution in [0.3, 0.4) is 0 Å². The van der Waals surface area contributed by atoms with Crippen LogP contribution in [-0.2, 0) is 11.8 Å². The number of alkyl halides is 2. The SMILES string of the molecule is CCCN(NC(=O)CCN)C(=O)c1ccc(NC(=O)c2ncc(-c3ccc(OC(F)F)c(F)c3F)n2C)cc1Cl. The summed E-state index contributed by atoms with van der Waals surface area (Å²) < 4.78 is 58.7. The highest BCUT2D eigenvalue weighted by Crippen LogP contribution is 2.31. The van der Waals surface area contributed by atoms with Crippen LogP contribution in [0.15, 0.2) is 36.5 Å². The maximum Gasteiger partial charge on any atom is 0.387 e. The highest BCUT2D eigenvalue weighted by atomic mass is 35.5. The van der Waals surface area contributed by atoms with Crippen LogP contribution in [0.4, 0.5) is 23.2 Å². The number of aromatic nitrogens is 2. The van der Waals surface area contributed by atoms with Gasteiger partial charge in [-0.3, -0.25) is 19.8 Å². The molecule has 0 aliphatic heterocycles. The van der Waals surface area contributed by atoms with E-state index < -0.39 is 41.7 Å². The number of carbonyl (C=O) groups is 3. The van der Waals surface area contributed by atoms with E-state index >= 15 is 0 Å². The third kappa shape index (κ3) is 6.87. The summed E-state index contributed by atoms with van der Waals surface area (Å²) in [6, 6.07) is 5.94. The number of nitrogens with zero attached hydrogens (tertiary/aromatic N) is 3. The standard InChI is InChI=1S/C25H25ClF4N6O4/c1-3-10-36(34-19(37)8-9-31)24(39)14-5-4-13(11-16(14)26)33-23(38)22-32-12-17(35(22)2)15-6-7-18(40-25(29)30)21(28)20(15)27/h4-7,11-12,25H,3,8-10,31H2,1-2H3,(H,33,38)(H,34,37). The average Bonchev–Trinajstić information content (AvgIpc) is 3.27. The normalized spacial score (nSPS) is 10.9. The number of hydrogen-bond donors (Lipinski definition) is 3. The maximum absolute atomic E-state index is 14.6. The van der Waals surface area contributed by atoms with E-state index in [1.807, 2.05) is 6.92 Å². The van der Waals surface area contributed by atoms with Crippen molar-refractivity contribution >= 4 is 35.0 Å². The number of carbonyl (C=O) groups excluding carboxylic acids is 3. The van der Waals surface area contributed by atoms with Crippen LogP contribution in [0.5, 0.6) is 5.75 Å². The minimum absolute atomic E-state index is 0.0128. The van der Waals surface area contributed by atoms with Crippen LogP contribution in [0, 0.1) is 11.6 Å². The molecule has 214 valence electrons. The Morgan fingerprint density at radius 1 is 1.18 bits per heavy atom. The number of ether oxygens (including phenoxy) is 1. The zero-order valence-electron chi connectivity index (χ0n) is 21.3. The Kier molecular flexibility index (Phi) is 10.1. The predicted molar refractivity (Wildman–Crippen MR) is 138 cm³/mol. The van der Waals surface area contributed by atoms with E-state index in [1.54, 1.807) is 0 Å². The quantitative estimate of drug-likeness (QED) is 0.243. The second-order valence-electron chi connectivity index (χ2n) is 8.32. The summed E-state index contributed by atoms with van der Waals surface area (Å²) in [6.45, 7) is -1.19. The van der Waals surface area contributed by atoms with Crippen molar-refractivity contribution in [2.45, 2.75) is 26.4 Å². The number of nitrogens with one attached hydrogen (secondary N) is 2. The summed E-state index contributed by atoms with van der Waals surface area (Å²) in [5.74, 6) is -5.99. The van der Waals surface area contributed by atoms with Crippen LogP contribution in [0.2, 0.25) is 5.02 Å². The first-order valence-corrected chi connectivity index (χ1v) is 12.2. The van der Waals surface area contributed by atoms with Crippen molar-refractivity contribution in [1.29, 1.82) is 0 Å². The first-order chi connectivity index (χ1) is 19.0. The molecule has 0 aliphatic carbocycles. The molecule has 2 aromatic carbocycles. The lowest BCUT2D eigenvalue weighted by Gasteiger charge is -2.23. The Labute approximate surface area is 231 Å². The van der Waals surface area contributed by atoms with E-state index in [0.29, 0.717) is 6.42 Å². The van der Waals surface area contributed by atoms with Gasteiger partial charge < -0.3 is 20.4 Å². The molecule has 0 aliphatic rings. The molecule has 0 unspecified atom stereocenters. The molecule has 0 saturated heterocycles. The maximum atomic E-state index is 14.6. The third-order valence-electron chi connectivity index (χ3n) is 5.51. The van der Waals surface area contributed by atoms with Gasteiger partial charge in [-0.25, -0.2) is 14.4 Å². The molecule has 0 radical (unpaired) electrons. The van der Waals surface area contributed by atoms with E-state index in [9.17, 15) is 31.9 Å². The molecule has 0 spiro atoms. The van der Waals surface area contributed by atoms with Crippen molar-refractivity contribution in [3.63, 3.8) is 0 Å². The second-order valence-corrected chi connectivity index (χ2v) is 8.73. The summed E-state index contributed by atoms with van der Waals surface area (Å²) in [7, 11) is 1.37. The monoisotopic (exact) mass is 584 g/mol. The second kappa shape index (κ2) is 13.3. The summed E-state index contributed by atoms with van der Waals surface area (Å²) in [4.78, 5) is 41.7. The molecular weight excluding hydrogens is 560 g/mol. The summed E-state index contributed by atoms with van der Waals surface area (Å²) >= 11 is 6.30. The zero-order chi connectivity index (χ0) is 29.6. The lowest BCUT2D eigenvalue weighted by molar-refractivity contribution is -0.124. The smallest absolute Gasteiger partial charge is 0.387 e. The Balaban J connectivity index is 1.79. The van der Waals surface area contributed by atoms with Gasteiger partial charge in [0.25, 0.3) is 11.8 Å². The molecule has 0 fully saturated rings. The third-order valence-corrected chi connectivity index (χ3v) is 5.82. The molecule has 0 bridgehead atoms. The Morgan fingerprint density at radius 2 is 1.90 bits per heavy atom. The van der Waals surface area contributed by atoms with E-state index in [2.05, 4.69) is 20.5 Å². The first-order valence-electron chi connectivity index (χ1n) is 11.9. The largest absolute Gasteiger partial charge is 0.432 e. The first kappa shape index (κ1) is 30.4. The van der Waals surface area contributed by atoms with Gasteiger partial charge in [0.2, 0.25) is 11.7 Å². The van der Waals surface area contributed by atoms with Gasteiger partial charge in [-0.15, -0.1) is 0 Å². The molecule has 3 rings (SSSR count). The van der Waals surface area contributed by atoms with Gasteiger partial charge in [0.1, 0.15) is 0 Å². The molecule has 3 amide bonds. The molecular formula is C25H25ClF4N6O4. The molecule has 1 heterocycles. The zero-order valence-corrected chi connectivity index (χ0v) is 22.1. The lowest BCUT2D eigenvalue weighted by Crippen LogP contribution is -2.47. The van der Waals surface area contributed by atoms with Gasteiger partial charge in [-0.05, 0) is 36.8 Å². The summed E-state index contributed by atoms with van der Waals surface area (Å²) in [5.41, 5.74) is 7.77. The lowest BCUT2D eigenvalue weighted by atomic mass is 10.1. The Morgan fingerprint density at radius 3 is 2.52 bits per heavy atom. The highest BCUT2D eigenvalue weighted by Gasteiger charge is 2.24. The Hall–Kier alpha value is -4.17. The van der Waals surface area contributed by atoms with E-state index in [1.165, 1.54) is 29.8 Å². The predicted octanol–water partition coefficient (Wildman–Crippen LogP) is 4.10. The van der Waals surface area contributed by atoms with Gasteiger partial charge >= 0.3 is 6.61 Å². The average molecular weight is 585 g/mol. The molecule has 1 aromatic heterocycles. The van der Waals surface area contributed by atoms with E-state index in [4.69, 9.17) is 17.3 Å². The molecule has 15 heteroatoms. The number of amides is 3. The minimum Gasteiger partial charge on any atom is -0.432 e. The number of hydrazine groups is 1. The molecule has 4 N–H and O–H groups in total. The van der Waals surface area contributed by atoms with Crippen LogP contribution in [-0.4, -0.2) is 52.0 Å². The number of nitrogens with two attached hydrogens (primary N) is 1. The number of rotatable bonds is 10. The molecule has 0 saturated carbocycles. The molecule has 0 atom stereocenters. The summed E-state index contributed by atoms with van der Waals surface area (Å²) in [5, 5.41) is 3.66. The number of hydrogen-bond acceptors (Lipinski definition) is 6. The fourth-order valence-electron chi connectivity index (χ4n) is 3.66. The van der Waals surface area contributed by atoms with Gasteiger partial charge in [0.15, 0.2) is 17.4 Å². The van der Waals surface area contributed by atoms with Crippen LogP contribution in [0.25, 0.3) is 11.3 Å². The van der Waals surface area contributed by atoms with Gasteiger partial charge in [0.05, 0.1) is 22.5 Å². The van der Waals surface area contributed by atoms with Gasteiger partial charge in [-0.2, -0.15) is 13.2 Å². The number of benzene rings is 2.